The van der Waals surface area contributed by atoms with Crippen LogP contribution in [0, 0.1) is 11.6 Å². The van der Waals surface area contributed by atoms with E-state index in [1.165, 1.54) is 17.2 Å². The van der Waals surface area contributed by atoms with Gasteiger partial charge in [0.05, 0.1) is 29.0 Å². The molecule has 2 aromatic heterocycles. The monoisotopic (exact) mass is 672 g/mol. The molecular weight excluding hydrogens is 640 g/mol. The topological polar surface area (TPSA) is 83.9 Å². The van der Waals surface area contributed by atoms with Gasteiger partial charge >= 0.3 is 12.1 Å². The number of pyridine rings is 1. The van der Waals surface area contributed by atoms with Crippen LogP contribution in [0.1, 0.15) is 33.6 Å². The van der Waals surface area contributed by atoms with Crippen LogP contribution in [0.4, 0.5) is 28.2 Å². The molecule has 1 amide bonds. The molecule has 3 fully saturated rings. The highest BCUT2D eigenvalue weighted by molar-refractivity contribution is 6.36. The van der Waals surface area contributed by atoms with Gasteiger partial charge in [-0.1, -0.05) is 35.9 Å². The van der Waals surface area contributed by atoms with E-state index in [1.54, 1.807) is 36.2 Å². The maximum absolute atomic E-state index is 16.6. The zero-order valence-corrected chi connectivity index (χ0v) is 27.0. The highest BCUT2D eigenvalue weighted by Crippen LogP contribution is 2.42. The minimum atomic E-state index is -2.85. The van der Waals surface area contributed by atoms with Crippen molar-refractivity contribution in [1.29, 1.82) is 0 Å². The molecule has 14 heteroatoms. The highest BCUT2D eigenvalue weighted by Gasteiger charge is 2.51. The van der Waals surface area contributed by atoms with Gasteiger partial charge in [0, 0.05) is 42.7 Å². The Morgan fingerprint density at radius 3 is 2.64 bits per heavy atom. The van der Waals surface area contributed by atoms with Crippen LogP contribution in [0.25, 0.3) is 32.9 Å². The van der Waals surface area contributed by atoms with Crippen LogP contribution in [0.2, 0.25) is 5.02 Å². The molecule has 2 aromatic carbocycles. The van der Waals surface area contributed by atoms with Crippen molar-refractivity contribution in [2.75, 3.05) is 38.2 Å². The molecule has 0 unspecified atom stereocenters. The fraction of sp³-hybridized carbons (Fsp3) is 0.455. The minimum Gasteiger partial charge on any atom is -0.462 e. The summed E-state index contributed by atoms with van der Waals surface area (Å²) in [6.07, 6.45) is 1.29. The standard InChI is InChI=1S/C33H33ClF4N6O3/c1-32(2,3)47-31(45)43-11-10-22-23(43)14-44(22)29-20-13-39-27(19-7-5-6-17-8-9-21(35)25(34)24(17)19)26(36)28(20)40-30(41-29)46-15-18-12-33(37,38)16-42(18)4/h5-9,13,18,22-23H,10-12,14-16H2,1-4H3/t18-,22+,23+/m0/s1. The number of ether oxygens (including phenoxy) is 2. The summed E-state index contributed by atoms with van der Waals surface area (Å²) in [4.78, 5) is 31.5. The second-order valence-electron chi connectivity index (χ2n) is 13.5. The van der Waals surface area contributed by atoms with Crippen LogP contribution in [-0.4, -0.2) is 93.8 Å². The Hall–Kier alpha value is -3.97. The van der Waals surface area contributed by atoms with E-state index in [0.717, 1.165) is 0 Å². The zero-order chi connectivity index (χ0) is 33.4. The second-order valence-corrected chi connectivity index (χ2v) is 13.8. The number of halogens is 5. The lowest BCUT2D eigenvalue weighted by Crippen LogP contribution is -2.63. The fourth-order valence-corrected chi connectivity index (χ4v) is 7.10. The summed E-state index contributed by atoms with van der Waals surface area (Å²) in [5, 5.41) is 1.04. The third kappa shape index (κ3) is 5.67. The number of carbonyl (C=O) groups is 1. The molecule has 9 nitrogen and oxygen atoms in total. The number of hydrogen-bond donors (Lipinski definition) is 0. The molecule has 0 saturated carbocycles. The van der Waals surface area contributed by atoms with Gasteiger partial charge in [-0.15, -0.1) is 0 Å². The number of hydrogen-bond acceptors (Lipinski definition) is 8. The summed E-state index contributed by atoms with van der Waals surface area (Å²) in [5.74, 6) is -3.95. The van der Waals surface area contributed by atoms with Crippen molar-refractivity contribution >= 4 is 45.2 Å². The molecule has 0 spiro atoms. The predicted octanol–water partition coefficient (Wildman–Crippen LogP) is 6.69. The Bertz CT molecular complexity index is 1910. The number of rotatable bonds is 5. The predicted molar refractivity (Wildman–Crippen MR) is 169 cm³/mol. The zero-order valence-electron chi connectivity index (χ0n) is 26.2. The molecule has 47 heavy (non-hydrogen) atoms. The summed E-state index contributed by atoms with van der Waals surface area (Å²) in [7, 11) is 1.59. The van der Waals surface area contributed by atoms with Crippen molar-refractivity contribution in [2.45, 2.75) is 63.3 Å². The van der Waals surface area contributed by atoms with Gasteiger partial charge < -0.3 is 19.3 Å². The van der Waals surface area contributed by atoms with Gasteiger partial charge in [-0.2, -0.15) is 9.97 Å². The first-order valence-corrected chi connectivity index (χ1v) is 15.8. The molecule has 5 heterocycles. The third-order valence-electron chi connectivity index (χ3n) is 9.07. The highest BCUT2D eigenvalue weighted by atomic mass is 35.5. The van der Waals surface area contributed by atoms with E-state index < -0.39 is 41.8 Å². The number of benzene rings is 2. The SMILES string of the molecule is CN1CC(F)(F)C[C@H]1COc1nc(N2C[C@@H]3[C@H]2CCN3C(=O)OC(C)(C)C)c2cnc(-c3cccc4ccc(F)c(Cl)c34)c(F)c2n1. The maximum atomic E-state index is 16.6. The molecule has 0 N–H and O–H groups in total. The van der Waals surface area contributed by atoms with Crippen molar-refractivity contribution in [2.24, 2.45) is 0 Å². The van der Waals surface area contributed by atoms with Gasteiger partial charge in [-0.05, 0) is 45.7 Å². The summed E-state index contributed by atoms with van der Waals surface area (Å²) >= 11 is 6.35. The van der Waals surface area contributed by atoms with Crippen LogP contribution < -0.4 is 9.64 Å². The molecule has 0 bridgehead atoms. The first-order chi connectivity index (χ1) is 22.2. The number of nitrogens with zero attached hydrogens (tertiary/aromatic N) is 6. The van der Waals surface area contributed by atoms with E-state index in [1.807, 2.05) is 25.7 Å². The molecule has 0 radical (unpaired) electrons. The summed E-state index contributed by atoms with van der Waals surface area (Å²) in [6.45, 7) is 5.77. The largest absolute Gasteiger partial charge is 0.462 e. The van der Waals surface area contributed by atoms with E-state index in [2.05, 4.69) is 15.0 Å². The van der Waals surface area contributed by atoms with Gasteiger partial charge in [0.15, 0.2) is 5.82 Å². The second kappa shape index (κ2) is 11.3. The van der Waals surface area contributed by atoms with E-state index >= 15 is 4.39 Å². The number of likely N-dealkylation sites (tertiary alicyclic amines) is 2. The van der Waals surface area contributed by atoms with E-state index in [0.29, 0.717) is 41.5 Å². The lowest BCUT2D eigenvalue weighted by molar-refractivity contribution is 0.0135. The van der Waals surface area contributed by atoms with E-state index in [9.17, 15) is 18.0 Å². The third-order valence-corrected chi connectivity index (χ3v) is 9.44. The lowest BCUT2D eigenvalue weighted by Gasteiger charge is -2.47. The quantitative estimate of drug-likeness (QED) is 0.217. The molecule has 248 valence electrons. The Kier molecular flexibility index (Phi) is 7.62. The van der Waals surface area contributed by atoms with Gasteiger partial charge in [-0.25, -0.2) is 22.4 Å². The van der Waals surface area contributed by atoms with Crippen molar-refractivity contribution in [3.8, 4) is 17.3 Å². The number of anilines is 1. The number of alkyl halides is 2. The smallest absolute Gasteiger partial charge is 0.410 e. The minimum absolute atomic E-state index is 0.0974. The van der Waals surface area contributed by atoms with Crippen LogP contribution in [-0.2, 0) is 4.74 Å². The molecule has 3 aliphatic rings. The number of aromatic nitrogens is 3. The first-order valence-electron chi connectivity index (χ1n) is 15.4. The maximum Gasteiger partial charge on any atom is 0.410 e. The summed E-state index contributed by atoms with van der Waals surface area (Å²) in [5.41, 5.74) is -0.571. The molecule has 7 rings (SSSR count). The number of carbonyl (C=O) groups excluding carboxylic acids is 1. The number of likely N-dealkylation sites (N-methyl/N-ethyl adjacent to an activating group) is 1. The van der Waals surface area contributed by atoms with Gasteiger partial charge in [0.25, 0.3) is 5.92 Å². The van der Waals surface area contributed by atoms with Crippen molar-refractivity contribution in [3.05, 3.63) is 53.2 Å². The van der Waals surface area contributed by atoms with Crippen LogP contribution in [0.15, 0.2) is 36.5 Å². The van der Waals surface area contributed by atoms with Crippen molar-refractivity contribution in [3.63, 3.8) is 0 Å². The van der Waals surface area contributed by atoms with Crippen molar-refractivity contribution < 1.29 is 31.8 Å². The first kappa shape index (κ1) is 31.6. The molecule has 4 aromatic rings. The Morgan fingerprint density at radius 2 is 1.91 bits per heavy atom. The Morgan fingerprint density at radius 1 is 1.13 bits per heavy atom. The fourth-order valence-electron chi connectivity index (χ4n) is 6.83. The average molecular weight is 673 g/mol. The molecule has 0 aliphatic carbocycles. The van der Waals surface area contributed by atoms with E-state index in [-0.39, 0.29) is 52.9 Å². The molecular formula is C33H33ClF4N6O3. The van der Waals surface area contributed by atoms with Gasteiger partial charge in [-0.3, -0.25) is 9.88 Å². The summed E-state index contributed by atoms with van der Waals surface area (Å²) in [6, 6.07) is 6.79. The van der Waals surface area contributed by atoms with Gasteiger partial charge in [0.1, 0.15) is 35.1 Å². The molecule has 3 aliphatic heterocycles. The Balaban J connectivity index is 1.28. The average Bonchev–Trinajstić information content (AvgIpc) is 3.46. The summed E-state index contributed by atoms with van der Waals surface area (Å²) < 4.78 is 70.8. The number of fused-ring (bicyclic) bond motifs is 3. The normalized spacial score (nSPS) is 22.5. The Labute approximate surface area is 273 Å². The van der Waals surface area contributed by atoms with Crippen LogP contribution in [0.5, 0.6) is 6.01 Å². The van der Waals surface area contributed by atoms with Crippen LogP contribution in [0.3, 0.4) is 0 Å². The van der Waals surface area contributed by atoms with Crippen molar-refractivity contribution in [1.82, 2.24) is 24.8 Å². The van der Waals surface area contributed by atoms with Crippen LogP contribution >= 0.6 is 11.6 Å². The molecule has 3 saturated heterocycles. The molecule has 3 atom stereocenters. The van der Waals surface area contributed by atoms with E-state index in [4.69, 9.17) is 21.1 Å². The van der Waals surface area contributed by atoms with Gasteiger partial charge in [0.2, 0.25) is 0 Å². The number of amides is 1. The lowest BCUT2D eigenvalue weighted by atomic mass is 9.96.